The fraction of sp³-hybridized carbons (Fsp3) is 0.300. The zero-order valence-electron chi connectivity index (χ0n) is 7.83. The molecule has 0 spiro atoms. The van der Waals surface area contributed by atoms with E-state index in [9.17, 15) is 4.79 Å². The molecule has 1 aromatic rings. The number of carbonyl (C=O) groups is 1. The summed E-state index contributed by atoms with van der Waals surface area (Å²) in [5.74, 6) is -0.868. The van der Waals surface area contributed by atoms with Gasteiger partial charge in [-0.25, -0.2) is 4.79 Å². The van der Waals surface area contributed by atoms with Crippen molar-refractivity contribution in [2.75, 3.05) is 5.32 Å². The molecule has 1 unspecified atom stereocenters. The summed E-state index contributed by atoms with van der Waals surface area (Å²) in [6.07, 6.45) is 0.514. The van der Waals surface area contributed by atoms with E-state index < -0.39 is 12.0 Å². The molecule has 1 aromatic carbocycles. The maximum Gasteiger partial charge on any atom is 0.326 e. The minimum Gasteiger partial charge on any atom is -0.480 e. The van der Waals surface area contributed by atoms with Crippen LogP contribution in [0.5, 0.6) is 0 Å². The van der Waals surface area contributed by atoms with Gasteiger partial charge >= 0.3 is 5.97 Å². The molecule has 0 radical (unpaired) electrons. The summed E-state index contributed by atoms with van der Waals surface area (Å²) in [5.41, 5.74) is 0.656. The van der Waals surface area contributed by atoms with Gasteiger partial charge in [-0.1, -0.05) is 30.7 Å². The van der Waals surface area contributed by atoms with Gasteiger partial charge in [0.25, 0.3) is 0 Å². The van der Waals surface area contributed by atoms with Crippen molar-refractivity contribution in [1.82, 2.24) is 0 Å². The first-order valence-electron chi connectivity index (χ1n) is 4.39. The van der Waals surface area contributed by atoms with Crippen LogP contribution < -0.4 is 5.32 Å². The summed E-state index contributed by atoms with van der Waals surface area (Å²) in [4.78, 5) is 10.7. The van der Waals surface area contributed by atoms with Gasteiger partial charge in [0, 0.05) is 0 Å². The van der Waals surface area contributed by atoms with Crippen molar-refractivity contribution in [2.45, 2.75) is 19.4 Å². The van der Waals surface area contributed by atoms with Gasteiger partial charge in [-0.2, -0.15) is 0 Å². The lowest BCUT2D eigenvalue weighted by Crippen LogP contribution is -2.28. The second kappa shape index (κ2) is 4.86. The monoisotopic (exact) mass is 213 g/mol. The van der Waals surface area contributed by atoms with Gasteiger partial charge in [-0.05, 0) is 18.6 Å². The number of hydrogen-bond acceptors (Lipinski definition) is 2. The molecule has 2 N–H and O–H groups in total. The third-order valence-corrected chi connectivity index (χ3v) is 2.24. The van der Waals surface area contributed by atoms with Gasteiger partial charge in [0.2, 0.25) is 0 Å². The zero-order valence-corrected chi connectivity index (χ0v) is 8.58. The van der Waals surface area contributed by atoms with Crippen molar-refractivity contribution >= 4 is 23.3 Å². The van der Waals surface area contributed by atoms with E-state index in [-0.39, 0.29) is 0 Å². The molecule has 14 heavy (non-hydrogen) atoms. The van der Waals surface area contributed by atoms with Crippen LogP contribution in [-0.2, 0) is 4.79 Å². The predicted octanol–water partition coefficient (Wildman–Crippen LogP) is 2.62. The second-order valence-corrected chi connectivity index (χ2v) is 3.33. The van der Waals surface area contributed by atoms with Crippen molar-refractivity contribution < 1.29 is 9.90 Å². The average Bonchev–Trinajstić information content (AvgIpc) is 2.16. The van der Waals surface area contributed by atoms with Crippen LogP contribution in [0.15, 0.2) is 24.3 Å². The Morgan fingerprint density at radius 2 is 2.21 bits per heavy atom. The first kappa shape index (κ1) is 10.9. The number of carboxylic acid groups (broad SMARTS) is 1. The molecule has 0 saturated heterocycles. The lowest BCUT2D eigenvalue weighted by Gasteiger charge is -2.14. The number of anilines is 1. The van der Waals surface area contributed by atoms with E-state index in [1.54, 1.807) is 18.2 Å². The molecule has 0 aromatic heterocycles. The maximum absolute atomic E-state index is 10.7. The Morgan fingerprint density at radius 3 is 2.71 bits per heavy atom. The summed E-state index contributed by atoms with van der Waals surface area (Å²) < 4.78 is 0. The van der Waals surface area contributed by atoms with E-state index in [1.807, 2.05) is 13.0 Å². The normalized spacial score (nSPS) is 12.1. The van der Waals surface area contributed by atoms with E-state index in [4.69, 9.17) is 16.7 Å². The third kappa shape index (κ3) is 2.64. The van der Waals surface area contributed by atoms with E-state index >= 15 is 0 Å². The lowest BCUT2D eigenvalue weighted by molar-refractivity contribution is -0.137. The number of para-hydroxylation sites is 1. The Balaban J connectivity index is 2.77. The largest absolute Gasteiger partial charge is 0.480 e. The van der Waals surface area contributed by atoms with Crippen molar-refractivity contribution in [1.29, 1.82) is 0 Å². The summed E-state index contributed by atoms with van der Waals surface area (Å²) in [5, 5.41) is 12.2. The molecule has 1 atom stereocenters. The highest BCUT2D eigenvalue weighted by atomic mass is 35.5. The highest BCUT2D eigenvalue weighted by Crippen LogP contribution is 2.21. The van der Waals surface area contributed by atoms with Gasteiger partial charge in [0.05, 0.1) is 10.7 Å². The molecular formula is C10H12ClNO2. The Labute approximate surface area is 87.7 Å². The Bertz CT molecular complexity index is 328. The second-order valence-electron chi connectivity index (χ2n) is 2.92. The summed E-state index contributed by atoms with van der Waals surface area (Å²) >= 11 is 5.87. The number of rotatable bonds is 4. The first-order valence-corrected chi connectivity index (χ1v) is 4.76. The predicted molar refractivity (Wildman–Crippen MR) is 56.8 cm³/mol. The first-order chi connectivity index (χ1) is 6.65. The van der Waals surface area contributed by atoms with Crippen molar-refractivity contribution in [3.63, 3.8) is 0 Å². The number of hydrogen-bond donors (Lipinski definition) is 2. The number of nitrogens with one attached hydrogen (secondary N) is 1. The molecule has 0 saturated carbocycles. The van der Waals surface area contributed by atoms with E-state index in [0.29, 0.717) is 17.1 Å². The molecule has 0 aliphatic rings. The highest BCUT2D eigenvalue weighted by molar-refractivity contribution is 6.33. The highest BCUT2D eigenvalue weighted by Gasteiger charge is 2.14. The van der Waals surface area contributed by atoms with Crippen LogP contribution in [0.4, 0.5) is 5.69 Å². The van der Waals surface area contributed by atoms with Crippen LogP contribution in [0.3, 0.4) is 0 Å². The Hall–Kier alpha value is -1.22. The average molecular weight is 214 g/mol. The quantitative estimate of drug-likeness (QED) is 0.809. The molecule has 0 heterocycles. The Kier molecular flexibility index (Phi) is 3.77. The van der Waals surface area contributed by atoms with Crippen LogP contribution in [0.1, 0.15) is 13.3 Å². The lowest BCUT2D eigenvalue weighted by atomic mass is 10.2. The van der Waals surface area contributed by atoms with Crippen LogP contribution in [-0.4, -0.2) is 17.1 Å². The smallest absolute Gasteiger partial charge is 0.326 e. The number of aliphatic carboxylic acids is 1. The Morgan fingerprint density at radius 1 is 1.57 bits per heavy atom. The number of carboxylic acids is 1. The fourth-order valence-corrected chi connectivity index (χ4v) is 1.29. The molecule has 4 heteroatoms. The maximum atomic E-state index is 10.7. The van der Waals surface area contributed by atoms with Gasteiger partial charge in [-0.15, -0.1) is 0 Å². The summed E-state index contributed by atoms with van der Waals surface area (Å²) in [6, 6.07) is 6.50. The molecule has 3 nitrogen and oxygen atoms in total. The van der Waals surface area contributed by atoms with Crippen molar-refractivity contribution in [3.05, 3.63) is 29.3 Å². The van der Waals surface area contributed by atoms with Gasteiger partial charge in [-0.3, -0.25) is 0 Å². The van der Waals surface area contributed by atoms with E-state index in [2.05, 4.69) is 5.32 Å². The molecule has 0 amide bonds. The molecule has 76 valence electrons. The van der Waals surface area contributed by atoms with Gasteiger partial charge < -0.3 is 10.4 Å². The minimum atomic E-state index is -0.868. The van der Waals surface area contributed by atoms with Crippen molar-refractivity contribution in [2.24, 2.45) is 0 Å². The fourth-order valence-electron chi connectivity index (χ4n) is 1.10. The standard InChI is InChI=1S/C10H12ClNO2/c1-2-8(10(13)14)12-9-6-4-3-5-7(9)11/h3-6,8,12H,2H2,1H3,(H,13,14). The molecule has 0 fully saturated rings. The topological polar surface area (TPSA) is 49.3 Å². The number of halogens is 1. The SMILES string of the molecule is CCC(Nc1ccccc1Cl)C(=O)O. The minimum absolute atomic E-state index is 0.514. The van der Waals surface area contributed by atoms with Gasteiger partial charge in [0.15, 0.2) is 0 Å². The van der Waals surface area contributed by atoms with Crippen molar-refractivity contribution in [3.8, 4) is 0 Å². The molecule has 0 bridgehead atoms. The van der Waals surface area contributed by atoms with E-state index in [0.717, 1.165) is 0 Å². The molecular weight excluding hydrogens is 202 g/mol. The molecule has 1 rings (SSSR count). The van der Waals surface area contributed by atoms with Crippen LogP contribution in [0, 0.1) is 0 Å². The van der Waals surface area contributed by atoms with E-state index in [1.165, 1.54) is 0 Å². The van der Waals surface area contributed by atoms with Crippen LogP contribution >= 0.6 is 11.6 Å². The van der Waals surface area contributed by atoms with Crippen LogP contribution in [0.25, 0.3) is 0 Å². The third-order valence-electron chi connectivity index (χ3n) is 1.91. The molecule has 0 aliphatic carbocycles. The zero-order chi connectivity index (χ0) is 10.6. The summed E-state index contributed by atoms with van der Waals surface area (Å²) in [7, 11) is 0. The van der Waals surface area contributed by atoms with Crippen LogP contribution in [0.2, 0.25) is 5.02 Å². The number of benzene rings is 1. The molecule has 0 aliphatic heterocycles. The van der Waals surface area contributed by atoms with Gasteiger partial charge in [0.1, 0.15) is 6.04 Å². The summed E-state index contributed by atoms with van der Waals surface area (Å²) in [6.45, 7) is 1.81.